The van der Waals surface area contributed by atoms with Crippen LogP contribution in [0.3, 0.4) is 0 Å². The third-order valence-electron chi connectivity index (χ3n) is 8.39. The SMILES string of the molecule is CCCC/C=C\C/C=C\CCCCCCCC(=O)NC(CS(=O)(=O)O)C(O)/C=C/CC/C=C/CC/C=C/CCCCCCCCCCC. The van der Waals surface area contributed by atoms with Crippen molar-refractivity contribution in [2.24, 2.45) is 0 Å². The molecule has 0 saturated carbocycles. The van der Waals surface area contributed by atoms with E-state index >= 15 is 0 Å². The highest BCUT2D eigenvalue weighted by atomic mass is 32.2. The second kappa shape index (κ2) is 34.9. The van der Waals surface area contributed by atoms with Gasteiger partial charge in [-0.3, -0.25) is 9.35 Å². The number of unbranched alkanes of at least 4 members (excludes halogenated alkanes) is 18. The number of allylic oxidation sites excluding steroid dienone is 9. The van der Waals surface area contributed by atoms with E-state index in [1.165, 1.54) is 83.1 Å². The summed E-state index contributed by atoms with van der Waals surface area (Å²) in [6.45, 7) is 4.47. The van der Waals surface area contributed by atoms with Gasteiger partial charge in [-0.25, -0.2) is 0 Å². The second-order valence-corrected chi connectivity index (χ2v) is 14.7. The minimum atomic E-state index is -4.36. The van der Waals surface area contributed by atoms with Crippen molar-refractivity contribution in [3.05, 3.63) is 60.8 Å². The molecular formula is C41H73NO5S. The first-order valence-electron chi connectivity index (χ1n) is 19.5. The summed E-state index contributed by atoms with van der Waals surface area (Å²) in [6.07, 6.45) is 47.7. The molecule has 3 N–H and O–H groups in total. The van der Waals surface area contributed by atoms with Gasteiger partial charge in [-0.15, -0.1) is 0 Å². The Hall–Kier alpha value is -1.96. The molecule has 0 heterocycles. The van der Waals surface area contributed by atoms with Crippen molar-refractivity contribution >= 4 is 16.0 Å². The summed E-state index contributed by atoms with van der Waals surface area (Å²) in [5, 5.41) is 13.2. The maximum atomic E-state index is 12.5. The highest BCUT2D eigenvalue weighted by Gasteiger charge is 2.24. The van der Waals surface area contributed by atoms with E-state index in [0.717, 1.165) is 64.2 Å². The molecule has 0 aromatic heterocycles. The Bertz CT molecular complexity index is 983. The maximum Gasteiger partial charge on any atom is 0.267 e. The van der Waals surface area contributed by atoms with Gasteiger partial charge in [0.25, 0.3) is 10.1 Å². The smallest absolute Gasteiger partial charge is 0.267 e. The monoisotopic (exact) mass is 692 g/mol. The number of carbonyl (C=O) groups excluding carboxylic acids is 1. The molecule has 2 atom stereocenters. The molecule has 0 rings (SSSR count). The molecule has 0 saturated heterocycles. The Kier molecular flexibility index (Phi) is 33.5. The predicted octanol–water partition coefficient (Wildman–Crippen LogP) is 11.3. The molecule has 0 fully saturated rings. The van der Waals surface area contributed by atoms with Gasteiger partial charge >= 0.3 is 0 Å². The minimum absolute atomic E-state index is 0.266. The van der Waals surface area contributed by atoms with E-state index in [0.29, 0.717) is 12.8 Å². The molecule has 0 aromatic carbocycles. The maximum absolute atomic E-state index is 12.5. The molecule has 278 valence electrons. The fourth-order valence-electron chi connectivity index (χ4n) is 5.44. The zero-order chi connectivity index (χ0) is 35.4. The molecule has 0 bridgehead atoms. The largest absolute Gasteiger partial charge is 0.387 e. The Morgan fingerprint density at radius 3 is 1.50 bits per heavy atom. The Morgan fingerprint density at radius 1 is 0.562 bits per heavy atom. The fourth-order valence-corrected chi connectivity index (χ4v) is 6.17. The van der Waals surface area contributed by atoms with Crippen LogP contribution in [0.2, 0.25) is 0 Å². The Balaban J connectivity index is 4.07. The molecule has 6 nitrogen and oxygen atoms in total. The van der Waals surface area contributed by atoms with Crippen molar-refractivity contribution in [1.82, 2.24) is 5.32 Å². The van der Waals surface area contributed by atoms with Gasteiger partial charge in [0.15, 0.2) is 0 Å². The van der Waals surface area contributed by atoms with Crippen LogP contribution in [0.4, 0.5) is 0 Å². The lowest BCUT2D eigenvalue weighted by Crippen LogP contribution is -2.46. The zero-order valence-electron chi connectivity index (χ0n) is 30.8. The van der Waals surface area contributed by atoms with Crippen LogP contribution in [0.25, 0.3) is 0 Å². The molecule has 0 aliphatic rings. The quantitative estimate of drug-likeness (QED) is 0.0354. The molecule has 0 aliphatic heterocycles. The third-order valence-corrected chi connectivity index (χ3v) is 9.17. The number of hydrogen-bond acceptors (Lipinski definition) is 4. The molecule has 1 amide bonds. The van der Waals surface area contributed by atoms with Crippen molar-refractivity contribution in [2.75, 3.05) is 5.75 Å². The standard InChI is InChI=1S/C41H73NO5S/c1-3-5-7-9-11-13-15-17-19-20-21-22-23-24-26-28-30-32-34-36-40(43)39(38-48(45,46)47)42-41(44)37-35-33-31-29-27-25-18-16-14-12-10-8-6-4-2/h10,12,16,18,21-22,26,28,34,36,39-40,43H,3-9,11,13-15,17,19-20,23-25,27,29-33,35,37-38H2,1-2H3,(H,42,44)(H,45,46,47)/b12-10-,18-16-,22-21+,28-26+,36-34+. The highest BCUT2D eigenvalue weighted by molar-refractivity contribution is 7.85. The number of rotatable bonds is 34. The minimum Gasteiger partial charge on any atom is -0.387 e. The van der Waals surface area contributed by atoms with Gasteiger partial charge in [0.1, 0.15) is 0 Å². The van der Waals surface area contributed by atoms with Crippen molar-refractivity contribution in [3.63, 3.8) is 0 Å². The van der Waals surface area contributed by atoms with E-state index in [1.54, 1.807) is 6.08 Å². The van der Waals surface area contributed by atoms with Gasteiger partial charge in [-0.05, 0) is 70.6 Å². The van der Waals surface area contributed by atoms with E-state index in [9.17, 15) is 22.9 Å². The van der Waals surface area contributed by atoms with E-state index in [-0.39, 0.29) is 12.3 Å². The first-order valence-corrected chi connectivity index (χ1v) is 21.1. The number of carbonyl (C=O) groups is 1. The van der Waals surface area contributed by atoms with E-state index in [4.69, 9.17) is 0 Å². The lowest BCUT2D eigenvalue weighted by Gasteiger charge is -2.21. The van der Waals surface area contributed by atoms with Crippen LogP contribution < -0.4 is 5.32 Å². The lowest BCUT2D eigenvalue weighted by molar-refractivity contribution is -0.122. The van der Waals surface area contributed by atoms with Crippen molar-refractivity contribution in [2.45, 2.75) is 187 Å². The van der Waals surface area contributed by atoms with Gasteiger partial charge < -0.3 is 10.4 Å². The van der Waals surface area contributed by atoms with Gasteiger partial charge in [0, 0.05) is 6.42 Å². The number of aliphatic hydroxyl groups excluding tert-OH is 1. The first-order chi connectivity index (χ1) is 23.3. The second-order valence-electron chi connectivity index (χ2n) is 13.2. The summed E-state index contributed by atoms with van der Waals surface area (Å²) in [6, 6.07) is -1.09. The average molecular weight is 692 g/mol. The van der Waals surface area contributed by atoms with Crippen molar-refractivity contribution in [1.29, 1.82) is 0 Å². The summed E-state index contributed by atoms with van der Waals surface area (Å²) in [5.41, 5.74) is 0. The first kappa shape index (κ1) is 46.0. The van der Waals surface area contributed by atoms with Gasteiger partial charge in [-0.1, -0.05) is 158 Å². The molecule has 2 unspecified atom stereocenters. The van der Waals surface area contributed by atoms with Crippen LogP contribution >= 0.6 is 0 Å². The predicted molar refractivity (Wildman–Crippen MR) is 207 cm³/mol. The number of hydrogen-bond donors (Lipinski definition) is 3. The molecule has 0 radical (unpaired) electrons. The number of nitrogens with one attached hydrogen (secondary N) is 1. The molecule has 7 heteroatoms. The Labute approximate surface area is 296 Å². The molecule has 48 heavy (non-hydrogen) atoms. The van der Waals surface area contributed by atoms with Gasteiger partial charge in [-0.2, -0.15) is 8.42 Å². The van der Waals surface area contributed by atoms with Crippen LogP contribution in [0.1, 0.15) is 174 Å². The molecule has 0 aromatic rings. The summed E-state index contributed by atoms with van der Waals surface area (Å²) in [7, 11) is -4.36. The van der Waals surface area contributed by atoms with Crippen LogP contribution in [-0.2, 0) is 14.9 Å². The van der Waals surface area contributed by atoms with Crippen LogP contribution in [0.5, 0.6) is 0 Å². The van der Waals surface area contributed by atoms with Gasteiger partial charge in [0.05, 0.1) is 17.9 Å². The van der Waals surface area contributed by atoms with Crippen LogP contribution in [-0.4, -0.2) is 41.9 Å². The van der Waals surface area contributed by atoms with E-state index < -0.39 is 28.0 Å². The van der Waals surface area contributed by atoms with Crippen molar-refractivity contribution in [3.8, 4) is 0 Å². The Morgan fingerprint density at radius 2 is 0.979 bits per heavy atom. The molecule has 0 aliphatic carbocycles. The van der Waals surface area contributed by atoms with Crippen LogP contribution in [0, 0.1) is 0 Å². The summed E-state index contributed by atoms with van der Waals surface area (Å²) >= 11 is 0. The highest BCUT2D eigenvalue weighted by Crippen LogP contribution is 2.12. The topological polar surface area (TPSA) is 104 Å². The van der Waals surface area contributed by atoms with Crippen molar-refractivity contribution < 1.29 is 22.9 Å². The summed E-state index contributed by atoms with van der Waals surface area (Å²) in [4.78, 5) is 12.5. The van der Waals surface area contributed by atoms with Gasteiger partial charge in [0.2, 0.25) is 5.91 Å². The normalized spacial score (nSPS) is 14.0. The van der Waals surface area contributed by atoms with Crippen LogP contribution in [0.15, 0.2) is 60.8 Å². The number of amides is 1. The van der Waals surface area contributed by atoms with E-state index in [2.05, 4.69) is 67.8 Å². The van der Waals surface area contributed by atoms with E-state index in [1.807, 2.05) is 0 Å². The summed E-state index contributed by atoms with van der Waals surface area (Å²) in [5.74, 6) is -1.03. The number of aliphatic hydroxyl groups is 1. The average Bonchev–Trinajstić information content (AvgIpc) is 3.05. The third kappa shape index (κ3) is 35.3. The zero-order valence-corrected chi connectivity index (χ0v) is 31.7. The summed E-state index contributed by atoms with van der Waals surface area (Å²) < 4.78 is 32.4. The fraction of sp³-hybridized carbons (Fsp3) is 0.732. The molecular weight excluding hydrogens is 619 g/mol. The lowest BCUT2D eigenvalue weighted by atomic mass is 10.1. The molecule has 0 spiro atoms.